The summed E-state index contributed by atoms with van der Waals surface area (Å²) in [5.74, 6) is 2.51. The van der Waals surface area contributed by atoms with Crippen molar-refractivity contribution in [1.29, 1.82) is 0 Å². The van der Waals surface area contributed by atoms with Gasteiger partial charge in [-0.1, -0.05) is 5.92 Å². The zero-order valence-electron chi connectivity index (χ0n) is 9.26. The molecule has 7 nitrogen and oxygen atoms in total. The van der Waals surface area contributed by atoms with E-state index in [4.69, 9.17) is 5.11 Å². The lowest BCUT2D eigenvalue weighted by molar-refractivity contribution is -0.384. The van der Waals surface area contributed by atoms with Crippen LogP contribution in [0.3, 0.4) is 0 Å². The Balaban J connectivity index is 3.18. The SMILES string of the molecule is CC#CC(=O)Nc1ccc(C(=O)O)cc1[N+](=O)[O-]. The molecule has 0 saturated heterocycles. The Morgan fingerprint density at radius 1 is 1.44 bits per heavy atom. The second-order valence-electron chi connectivity index (χ2n) is 3.12. The van der Waals surface area contributed by atoms with E-state index in [1.807, 2.05) is 0 Å². The highest BCUT2D eigenvalue weighted by Gasteiger charge is 2.18. The highest BCUT2D eigenvalue weighted by molar-refractivity contribution is 6.05. The third-order valence-electron chi connectivity index (χ3n) is 1.93. The molecule has 0 saturated carbocycles. The molecule has 1 aromatic carbocycles. The fraction of sp³-hybridized carbons (Fsp3) is 0.0909. The van der Waals surface area contributed by atoms with Crippen molar-refractivity contribution in [1.82, 2.24) is 0 Å². The summed E-state index contributed by atoms with van der Waals surface area (Å²) < 4.78 is 0. The predicted molar refractivity (Wildman–Crippen MR) is 62.1 cm³/mol. The lowest BCUT2D eigenvalue weighted by Gasteiger charge is -2.03. The van der Waals surface area contributed by atoms with Crippen LogP contribution in [-0.2, 0) is 4.79 Å². The van der Waals surface area contributed by atoms with E-state index < -0.39 is 22.5 Å². The number of rotatable bonds is 3. The summed E-state index contributed by atoms with van der Waals surface area (Å²) in [4.78, 5) is 31.8. The summed E-state index contributed by atoms with van der Waals surface area (Å²) in [6.45, 7) is 1.45. The zero-order chi connectivity index (χ0) is 13.7. The van der Waals surface area contributed by atoms with Crippen LogP contribution < -0.4 is 5.32 Å². The lowest BCUT2D eigenvalue weighted by Crippen LogP contribution is -2.11. The summed E-state index contributed by atoms with van der Waals surface area (Å²) in [6.07, 6.45) is 0. The number of hydrogen-bond acceptors (Lipinski definition) is 4. The van der Waals surface area contributed by atoms with E-state index in [0.29, 0.717) is 0 Å². The van der Waals surface area contributed by atoms with Crippen molar-refractivity contribution in [3.63, 3.8) is 0 Å². The predicted octanol–water partition coefficient (Wildman–Crippen LogP) is 1.25. The topological polar surface area (TPSA) is 110 Å². The van der Waals surface area contributed by atoms with Gasteiger partial charge in [0.1, 0.15) is 5.69 Å². The summed E-state index contributed by atoms with van der Waals surface area (Å²) in [6, 6.07) is 3.18. The number of nitro benzene ring substituents is 1. The van der Waals surface area contributed by atoms with Crippen molar-refractivity contribution < 1.29 is 19.6 Å². The van der Waals surface area contributed by atoms with E-state index in [0.717, 1.165) is 18.2 Å². The average Bonchev–Trinajstić information content (AvgIpc) is 2.29. The first-order valence-corrected chi connectivity index (χ1v) is 4.71. The first-order chi connectivity index (χ1) is 8.45. The molecule has 92 valence electrons. The van der Waals surface area contributed by atoms with Crippen LogP contribution in [0.25, 0.3) is 0 Å². The summed E-state index contributed by atoms with van der Waals surface area (Å²) in [5.41, 5.74) is -0.833. The quantitative estimate of drug-likeness (QED) is 0.475. The minimum Gasteiger partial charge on any atom is -0.478 e. The number of amides is 1. The number of carbonyl (C=O) groups excluding carboxylic acids is 1. The number of carboxylic acid groups (broad SMARTS) is 1. The molecule has 2 N–H and O–H groups in total. The number of nitro groups is 1. The van der Waals surface area contributed by atoms with Crippen molar-refractivity contribution in [2.24, 2.45) is 0 Å². The van der Waals surface area contributed by atoms with E-state index in [-0.39, 0.29) is 11.3 Å². The van der Waals surface area contributed by atoms with Crippen LogP contribution >= 0.6 is 0 Å². The third kappa shape index (κ3) is 3.05. The summed E-state index contributed by atoms with van der Waals surface area (Å²) in [5, 5.41) is 21.7. The minimum absolute atomic E-state index is 0.0993. The van der Waals surface area contributed by atoms with E-state index in [9.17, 15) is 19.7 Å². The first kappa shape index (κ1) is 13.2. The van der Waals surface area contributed by atoms with E-state index in [1.165, 1.54) is 6.92 Å². The molecule has 0 heterocycles. The van der Waals surface area contributed by atoms with Crippen LogP contribution in [0.4, 0.5) is 11.4 Å². The highest BCUT2D eigenvalue weighted by Crippen LogP contribution is 2.25. The van der Waals surface area contributed by atoms with Crippen molar-refractivity contribution in [2.75, 3.05) is 5.32 Å². The molecule has 0 unspecified atom stereocenters. The molecule has 18 heavy (non-hydrogen) atoms. The van der Waals surface area contributed by atoms with Gasteiger partial charge >= 0.3 is 5.97 Å². The Morgan fingerprint density at radius 2 is 2.11 bits per heavy atom. The molecule has 7 heteroatoms. The Kier molecular flexibility index (Phi) is 3.99. The van der Waals surface area contributed by atoms with Gasteiger partial charge in [0.25, 0.3) is 11.6 Å². The highest BCUT2D eigenvalue weighted by atomic mass is 16.6. The Morgan fingerprint density at radius 3 is 2.61 bits per heavy atom. The van der Waals surface area contributed by atoms with Crippen molar-refractivity contribution >= 4 is 23.3 Å². The number of anilines is 1. The number of nitrogens with zero attached hydrogens (tertiary/aromatic N) is 1. The lowest BCUT2D eigenvalue weighted by atomic mass is 10.1. The van der Waals surface area contributed by atoms with Gasteiger partial charge in [-0.05, 0) is 25.0 Å². The van der Waals surface area contributed by atoms with E-state index in [2.05, 4.69) is 17.2 Å². The van der Waals surface area contributed by atoms with Gasteiger partial charge in [-0.15, -0.1) is 0 Å². The largest absolute Gasteiger partial charge is 0.478 e. The van der Waals surface area contributed by atoms with Crippen LogP contribution in [0.5, 0.6) is 0 Å². The van der Waals surface area contributed by atoms with Gasteiger partial charge < -0.3 is 10.4 Å². The molecule has 0 atom stereocenters. The smallest absolute Gasteiger partial charge is 0.335 e. The normalized spacial score (nSPS) is 8.94. The first-order valence-electron chi connectivity index (χ1n) is 4.71. The molecule has 0 bridgehead atoms. The van der Waals surface area contributed by atoms with Crippen LogP contribution in [0.15, 0.2) is 18.2 Å². The molecular formula is C11H8N2O5. The monoisotopic (exact) mass is 248 g/mol. The maximum atomic E-state index is 11.2. The summed E-state index contributed by atoms with van der Waals surface area (Å²) >= 11 is 0. The number of aromatic carboxylic acids is 1. The second kappa shape index (κ2) is 5.45. The molecule has 0 aromatic heterocycles. The number of carboxylic acids is 1. The average molecular weight is 248 g/mol. The Bertz CT molecular complexity index is 583. The molecule has 0 radical (unpaired) electrons. The number of hydrogen-bond donors (Lipinski definition) is 2. The molecule has 0 aliphatic carbocycles. The van der Waals surface area contributed by atoms with Crippen LogP contribution in [0.2, 0.25) is 0 Å². The van der Waals surface area contributed by atoms with Gasteiger partial charge in [0.15, 0.2) is 0 Å². The second-order valence-corrected chi connectivity index (χ2v) is 3.12. The van der Waals surface area contributed by atoms with E-state index in [1.54, 1.807) is 0 Å². The van der Waals surface area contributed by atoms with Gasteiger partial charge in [-0.3, -0.25) is 14.9 Å². The standard InChI is InChI=1S/C11H8N2O5/c1-2-3-10(14)12-8-5-4-7(11(15)16)6-9(8)13(17)18/h4-6H,1H3,(H,12,14)(H,15,16). The molecule has 1 aromatic rings. The zero-order valence-corrected chi connectivity index (χ0v) is 9.26. The molecule has 0 aliphatic rings. The van der Waals surface area contributed by atoms with Gasteiger partial charge in [-0.2, -0.15) is 0 Å². The third-order valence-corrected chi connectivity index (χ3v) is 1.93. The number of benzene rings is 1. The van der Waals surface area contributed by atoms with Crippen molar-refractivity contribution in [3.8, 4) is 11.8 Å². The molecule has 0 aliphatic heterocycles. The van der Waals surface area contributed by atoms with Gasteiger partial charge in [0.05, 0.1) is 10.5 Å². The maximum Gasteiger partial charge on any atom is 0.335 e. The molecule has 1 rings (SSSR count). The molecule has 1 amide bonds. The van der Waals surface area contributed by atoms with Crippen LogP contribution in [0.1, 0.15) is 17.3 Å². The van der Waals surface area contributed by atoms with Gasteiger partial charge in [0, 0.05) is 6.07 Å². The fourth-order valence-electron chi connectivity index (χ4n) is 1.19. The van der Waals surface area contributed by atoms with Gasteiger partial charge in [0.2, 0.25) is 0 Å². The Labute approximate surface area is 102 Å². The molecular weight excluding hydrogens is 240 g/mol. The van der Waals surface area contributed by atoms with Crippen LogP contribution in [0, 0.1) is 22.0 Å². The molecule has 0 spiro atoms. The van der Waals surface area contributed by atoms with Crippen molar-refractivity contribution in [3.05, 3.63) is 33.9 Å². The molecule has 0 fully saturated rings. The Hall–Kier alpha value is -2.88. The minimum atomic E-state index is -1.29. The number of nitrogens with one attached hydrogen (secondary N) is 1. The fourth-order valence-corrected chi connectivity index (χ4v) is 1.19. The van der Waals surface area contributed by atoms with Crippen LogP contribution in [-0.4, -0.2) is 21.9 Å². The maximum absolute atomic E-state index is 11.2. The number of carbonyl (C=O) groups is 2. The van der Waals surface area contributed by atoms with Gasteiger partial charge in [-0.25, -0.2) is 4.79 Å². The van der Waals surface area contributed by atoms with Crippen molar-refractivity contribution in [2.45, 2.75) is 6.92 Å². The summed E-state index contributed by atoms with van der Waals surface area (Å²) in [7, 11) is 0. The van der Waals surface area contributed by atoms with E-state index >= 15 is 0 Å².